The number of anilines is 1. The number of pyridine rings is 1. The van der Waals surface area contributed by atoms with E-state index in [4.69, 9.17) is 4.74 Å². The molecule has 0 saturated carbocycles. The lowest BCUT2D eigenvalue weighted by molar-refractivity contribution is 0.417. The van der Waals surface area contributed by atoms with Crippen molar-refractivity contribution in [2.24, 2.45) is 4.99 Å². The smallest absolute Gasteiger partial charge is 0.265 e. The van der Waals surface area contributed by atoms with Gasteiger partial charge in [0, 0.05) is 17.0 Å². The molecule has 9 nitrogen and oxygen atoms in total. The minimum absolute atomic E-state index is 0.0497. The number of aliphatic imine (C=N–C) groups is 1. The number of ether oxygens (including phenoxy) is 1. The quantitative estimate of drug-likeness (QED) is 0.250. The Morgan fingerprint density at radius 1 is 0.872 bits per heavy atom. The summed E-state index contributed by atoms with van der Waals surface area (Å²) in [6, 6.07) is 25.4. The maximum atomic E-state index is 13.5. The highest BCUT2D eigenvalue weighted by Crippen LogP contribution is 2.30. The molecule has 4 aromatic carbocycles. The van der Waals surface area contributed by atoms with E-state index in [9.17, 15) is 23.4 Å². The van der Waals surface area contributed by atoms with E-state index in [0.717, 1.165) is 4.57 Å². The Kier molecular flexibility index (Phi) is 6.78. The predicted octanol–water partition coefficient (Wildman–Crippen LogP) is 4.96. The van der Waals surface area contributed by atoms with Crippen molar-refractivity contribution >= 4 is 38.4 Å². The number of benzene rings is 4. The second kappa shape index (κ2) is 10.3. The Morgan fingerprint density at radius 2 is 1.56 bits per heavy atom. The fraction of sp³-hybridized carbons (Fsp3) is 0.0345. The van der Waals surface area contributed by atoms with Crippen LogP contribution in [0.2, 0.25) is 0 Å². The van der Waals surface area contributed by atoms with Gasteiger partial charge in [0.05, 0.1) is 28.9 Å². The highest BCUT2D eigenvalue weighted by molar-refractivity contribution is 7.92. The first-order valence-electron chi connectivity index (χ1n) is 11.8. The topological polar surface area (TPSA) is 130 Å². The maximum Gasteiger partial charge on any atom is 0.265 e. The van der Waals surface area contributed by atoms with Gasteiger partial charge in [-0.2, -0.15) is 0 Å². The number of hydrogen-bond acceptors (Lipinski definition) is 7. The molecule has 0 fully saturated rings. The van der Waals surface area contributed by atoms with E-state index in [2.05, 4.69) is 9.71 Å². The molecule has 0 aliphatic heterocycles. The monoisotopic (exact) mass is 541 g/mol. The van der Waals surface area contributed by atoms with Crippen molar-refractivity contribution in [3.05, 3.63) is 113 Å². The molecule has 0 aliphatic carbocycles. The summed E-state index contributed by atoms with van der Waals surface area (Å²) in [4.78, 5) is 17.7. The van der Waals surface area contributed by atoms with Gasteiger partial charge in [-0.15, -0.1) is 0 Å². The summed E-state index contributed by atoms with van der Waals surface area (Å²) in [6.07, 6.45) is 1.35. The van der Waals surface area contributed by atoms with E-state index in [0.29, 0.717) is 11.1 Å². The van der Waals surface area contributed by atoms with Crippen LogP contribution in [0, 0.1) is 0 Å². The summed E-state index contributed by atoms with van der Waals surface area (Å²) in [7, 11) is -2.65. The Bertz CT molecular complexity index is 1900. The first-order valence-corrected chi connectivity index (χ1v) is 13.2. The van der Waals surface area contributed by atoms with Crippen LogP contribution in [0.3, 0.4) is 0 Å². The molecule has 10 heteroatoms. The van der Waals surface area contributed by atoms with Crippen LogP contribution in [0.1, 0.15) is 5.56 Å². The van der Waals surface area contributed by atoms with E-state index < -0.39 is 21.5 Å². The average Bonchev–Trinajstić information content (AvgIpc) is 2.94. The van der Waals surface area contributed by atoms with Crippen molar-refractivity contribution in [1.82, 2.24) is 4.57 Å². The van der Waals surface area contributed by atoms with Crippen LogP contribution in [0.25, 0.3) is 16.5 Å². The second-order valence-corrected chi connectivity index (χ2v) is 10.2. The molecular weight excluding hydrogens is 518 g/mol. The number of phenols is 1. The standard InChI is InChI=1S/C29H23N3O6S/c1-38-27-16-7-5-14-25(27)31-39(36,37)20-10-8-9-19(17-20)32-28(34)22-12-3-2-11-21(22)23(29(32)35)18-30-24-13-4-6-15-26(24)33/h2-18,31,33,35H,1H3. The van der Waals surface area contributed by atoms with Gasteiger partial charge < -0.3 is 14.9 Å². The van der Waals surface area contributed by atoms with E-state index in [1.165, 1.54) is 43.7 Å². The summed E-state index contributed by atoms with van der Waals surface area (Å²) in [5.74, 6) is -0.148. The third-order valence-corrected chi connectivity index (χ3v) is 7.42. The molecule has 5 aromatic rings. The minimum atomic E-state index is -4.09. The van der Waals surface area contributed by atoms with Crippen molar-refractivity contribution in [3.8, 4) is 23.1 Å². The number of aromatic hydroxyl groups is 2. The van der Waals surface area contributed by atoms with Gasteiger partial charge in [-0.25, -0.2) is 13.0 Å². The fourth-order valence-electron chi connectivity index (χ4n) is 4.16. The van der Waals surface area contributed by atoms with Crippen LogP contribution in [0.4, 0.5) is 11.4 Å². The van der Waals surface area contributed by atoms with Crippen molar-refractivity contribution < 1.29 is 23.4 Å². The zero-order valence-electron chi connectivity index (χ0n) is 20.6. The number of nitrogens with one attached hydrogen (secondary N) is 1. The lowest BCUT2D eigenvalue weighted by Gasteiger charge is -2.15. The Morgan fingerprint density at radius 3 is 2.33 bits per heavy atom. The average molecular weight is 542 g/mol. The van der Waals surface area contributed by atoms with Crippen LogP contribution < -0.4 is 15.0 Å². The summed E-state index contributed by atoms with van der Waals surface area (Å²) < 4.78 is 35.2. The number of sulfonamides is 1. The maximum absolute atomic E-state index is 13.5. The normalized spacial score (nSPS) is 11.6. The van der Waals surface area contributed by atoms with Crippen molar-refractivity contribution in [2.75, 3.05) is 11.8 Å². The van der Waals surface area contributed by atoms with Gasteiger partial charge in [-0.1, -0.05) is 48.5 Å². The molecular formula is C29H23N3O6S. The number of phenolic OH excluding ortho intramolecular Hbond substituents is 1. The zero-order valence-corrected chi connectivity index (χ0v) is 21.5. The summed E-state index contributed by atoms with van der Waals surface area (Å²) in [6.45, 7) is 0. The van der Waals surface area contributed by atoms with Crippen LogP contribution in [-0.4, -0.2) is 36.5 Å². The van der Waals surface area contributed by atoms with Gasteiger partial charge >= 0.3 is 0 Å². The van der Waals surface area contributed by atoms with Gasteiger partial charge in [-0.05, 0) is 48.5 Å². The van der Waals surface area contributed by atoms with Crippen molar-refractivity contribution in [2.45, 2.75) is 4.90 Å². The Hall–Kier alpha value is -5.09. The Balaban J connectivity index is 1.64. The number of aromatic nitrogens is 1. The van der Waals surface area contributed by atoms with E-state index >= 15 is 0 Å². The highest BCUT2D eigenvalue weighted by Gasteiger charge is 2.20. The van der Waals surface area contributed by atoms with Crippen molar-refractivity contribution in [3.63, 3.8) is 0 Å². The fourth-order valence-corrected chi connectivity index (χ4v) is 5.27. The molecule has 0 bridgehead atoms. The molecule has 0 unspecified atom stereocenters. The third kappa shape index (κ3) is 4.92. The van der Waals surface area contributed by atoms with Crippen LogP contribution in [0.15, 0.2) is 112 Å². The molecule has 0 saturated heterocycles. The van der Waals surface area contributed by atoms with Crippen LogP contribution in [0.5, 0.6) is 17.4 Å². The minimum Gasteiger partial charge on any atom is -0.506 e. The number of para-hydroxylation sites is 4. The molecule has 39 heavy (non-hydrogen) atoms. The van der Waals surface area contributed by atoms with Crippen LogP contribution in [-0.2, 0) is 10.0 Å². The van der Waals surface area contributed by atoms with Crippen LogP contribution >= 0.6 is 0 Å². The van der Waals surface area contributed by atoms with Gasteiger partial charge in [0.15, 0.2) is 0 Å². The predicted molar refractivity (Wildman–Crippen MR) is 150 cm³/mol. The summed E-state index contributed by atoms with van der Waals surface area (Å²) >= 11 is 0. The van der Waals surface area contributed by atoms with E-state index in [-0.39, 0.29) is 38.7 Å². The molecule has 5 rings (SSSR count). The molecule has 196 valence electrons. The second-order valence-electron chi connectivity index (χ2n) is 8.47. The first-order chi connectivity index (χ1) is 18.8. The van der Waals surface area contributed by atoms with Gasteiger partial charge in [0.2, 0.25) is 5.88 Å². The number of fused-ring (bicyclic) bond motifs is 1. The summed E-state index contributed by atoms with van der Waals surface area (Å²) in [5, 5.41) is 22.1. The molecule has 1 heterocycles. The van der Waals surface area contributed by atoms with Gasteiger partial charge in [0.1, 0.15) is 17.2 Å². The Labute approximate surface area is 224 Å². The number of hydrogen-bond donors (Lipinski definition) is 3. The molecule has 3 N–H and O–H groups in total. The summed E-state index contributed by atoms with van der Waals surface area (Å²) in [5.41, 5.74) is 0.320. The third-order valence-electron chi connectivity index (χ3n) is 6.06. The number of methoxy groups -OCH3 is 1. The molecule has 0 radical (unpaired) electrons. The lowest BCUT2D eigenvalue weighted by atomic mass is 10.1. The van der Waals surface area contributed by atoms with E-state index in [1.807, 2.05) is 0 Å². The van der Waals surface area contributed by atoms with Crippen molar-refractivity contribution in [1.29, 1.82) is 0 Å². The molecule has 0 spiro atoms. The molecule has 0 amide bonds. The number of nitrogens with zero attached hydrogens (tertiary/aromatic N) is 2. The first kappa shape index (κ1) is 25.6. The lowest BCUT2D eigenvalue weighted by Crippen LogP contribution is -2.21. The molecule has 0 atom stereocenters. The molecule has 0 aliphatic rings. The van der Waals surface area contributed by atoms with Gasteiger partial charge in [0.25, 0.3) is 15.6 Å². The SMILES string of the molecule is COc1ccccc1NS(=O)(=O)c1cccc(-n2c(O)c(C=Nc3ccccc3O)c3ccccc3c2=O)c1. The van der Waals surface area contributed by atoms with E-state index in [1.54, 1.807) is 66.7 Å². The largest absolute Gasteiger partial charge is 0.506 e. The van der Waals surface area contributed by atoms with Gasteiger partial charge in [-0.3, -0.25) is 14.5 Å². The highest BCUT2D eigenvalue weighted by atomic mass is 32.2. The zero-order chi connectivity index (χ0) is 27.6. The number of rotatable bonds is 7. The molecule has 1 aromatic heterocycles.